The normalized spacial score (nSPS) is 20.4. The van der Waals surface area contributed by atoms with Gasteiger partial charge in [-0.05, 0) is 30.5 Å². The number of piperazine rings is 1. The molecule has 1 atom stereocenters. The molecule has 5 rings (SSSR count). The second-order valence-corrected chi connectivity index (χ2v) is 9.95. The SMILES string of the molecule is Cc1ccc(C2(C)NC(=O)N(CC(=O)N3CCN(C(c4ccccc4)c4ccccc4)CC3)C2=O)cc1. The van der Waals surface area contributed by atoms with Crippen molar-refractivity contribution in [3.8, 4) is 0 Å². The van der Waals surface area contributed by atoms with Gasteiger partial charge in [0.25, 0.3) is 5.91 Å². The van der Waals surface area contributed by atoms with E-state index < -0.39 is 17.5 Å². The number of rotatable bonds is 6. The van der Waals surface area contributed by atoms with Crippen LogP contribution in [0, 0.1) is 6.92 Å². The Kier molecular flexibility index (Phi) is 6.80. The van der Waals surface area contributed by atoms with E-state index in [9.17, 15) is 14.4 Å². The summed E-state index contributed by atoms with van der Waals surface area (Å²) >= 11 is 0. The molecule has 0 saturated carbocycles. The molecular formula is C30H32N4O3. The molecule has 0 aromatic heterocycles. The van der Waals surface area contributed by atoms with E-state index in [1.54, 1.807) is 11.8 Å². The van der Waals surface area contributed by atoms with Crippen molar-refractivity contribution in [1.29, 1.82) is 0 Å². The van der Waals surface area contributed by atoms with Gasteiger partial charge in [0.2, 0.25) is 5.91 Å². The third-order valence-corrected chi connectivity index (χ3v) is 7.46. The van der Waals surface area contributed by atoms with E-state index in [2.05, 4.69) is 34.5 Å². The molecule has 190 valence electrons. The molecule has 1 N–H and O–H groups in total. The predicted octanol–water partition coefficient (Wildman–Crippen LogP) is 3.70. The average molecular weight is 497 g/mol. The molecule has 2 aliphatic heterocycles. The first kappa shape index (κ1) is 24.7. The minimum Gasteiger partial charge on any atom is -0.339 e. The fourth-order valence-electron chi connectivity index (χ4n) is 5.27. The Bertz CT molecular complexity index is 1230. The van der Waals surface area contributed by atoms with E-state index in [1.165, 1.54) is 11.1 Å². The Morgan fingerprint density at radius 3 is 1.92 bits per heavy atom. The lowest BCUT2D eigenvalue weighted by atomic mass is 9.91. The number of carbonyl (C=O) groups excluding carboxylic acids is 3. The maximum absolute atomic E-state index is 13.3. The highest BCUT2D eigenvalue weighted by atomic mass is 16.2. The van der Waals surface area contributed by atoms with Crippen LogP contribution in [0.5, 0.6) is 0 Å². The van der Waals surface area contributed by atoms with Gasteiger partial charge in [0, 0.05) is 26.2 Å². The summed E-state index contributed by atoms with van der Waals surface area (Å²) in [6, 6.07) is 27.8. The van der Waals surface area contributed by atoms with E-state index in [0.29, 0.717) is 31.7 Å². The summed E-state index contributed by atoms with van der Waals surface area (Å²) in [7, 11) is 0. The van der Waals surface area contributed by atoms with Crippen molar-refractivity contribution in [1.82, 2.24) is 20.0 Å². The van der Waals surface area contributed by atoms with Crippen LogP contribution < -0.4 is 5.32 Å². The Morgan fingerprint density at radius 2 is 1.38 bits per heavy atom. The summed E-state index contributed by atoms with van der Waals surface area (Å²) in [5.74, 6) is -0.617. The zero-order valence-corrected chi connectivity index (χ0v) is 21.3. The molecule has 2 aliphatic rings. The number of aryl methyl sites for hydroxylation is 1. The smallest absolute Gasteiger partial charge is 0.325 e. The molecule has 0 bridgehead atoms. The number of hydrogen-bond donors (Lipinski definition) is 1. The quantitative estimate of drug-likeness (QED) is 0.529. The molecule has 1 unspecified atom stereocenters. The van der Waals surface area contributed by atoms with Crippen molar-refractivity contribution in [3.63, 3.8) is 0 Å². The number of hydrogen-bond acceptors (Lipinski definition) is 4. The number of amides is 4. The van der Waals surface area contributed by atoms with Crippen LogP contribution in [0.15, 0.2) is 84.9 Å². The first-order chi connectivity index (χ1) is 17.9. The highest BCUT2D eigenvalue weighted by Gasteiger charge is 2.49. The monoisotopic (exact) mass is 496 g/mol. The molecule has 7 nitrogen and oxygen atoms in total. The summed E-state index contributed by atoms with van der Waals surface area (Å²) in [5, 5.41) is 2.79. The number of carbonyl (C=O) groups is 3. The highest BCUT2D eigenvalue weighted by Crippen LogP contribution is 2.31. The van der Waals surface area contributed by atoms with Crippen LogP contribution in [0.1, 0.15) is 35.2 Å². The Morgan fingerprint density at radius 1 is 0.838 bits per heavy atom. The molecule has 2 fully saturated rings. The average Bonchev–Trinajstić information content (AvgIpc) is 3.14. The summed E-state index contributed by atoms with van der Waals surface area (Å²) in [5.41, 5.74) is 3.01. The molecule has 3 aromatic rings. The van der Waals surface area contributed by atoms with Gasteiger partial charge in [0.05, 0.1) is 6.04 Å². The van der Waals surface area contributed by atoms with Crippen LogP contribution in [0.25, 0.3) is 0 Å². The van der Waals surface area contributed by atoms with Crippen molar-refractivity contribution < 1.29 is 14.4 Å². The standard InChI is InChI=1S/C30H32N4O3/c1-22-13-15-25(16-14-22)30(2)28(36)34(29(37)31-30)21-26(35)32-17-19-33(20-18-32)27(23-9-5-3-6-10-23)24-11-7-4-8-12-24/h3-16,27H,17-21H2,1-2H3,(H,31,37). The van der Waals surface area contributed by atoms with Crippen LogP contribution in [0.2, 0.25) is 0 Å². The lowest BCUT2D eigenvalue weighted by Crippen LogP contribution is -2.52. The first-order valence-corrected chi connectivity index (χ1v) is 12.7. The summed E-state index contributed by atoms with van der Waals surface area (Å²) < 4.78 is 0. The van der Waals surface area contributed by atoms with Gasteiger partial charge < -0.3 is 10.2 Å². The Labute approximate surface area is 217 Å². The predicted molar refractivity (Wildman–Crippen MR) is 142 cm³/mol. The van der Waals surface area contributed by atoms with Crippen molar-refractivity contribution in [2.75, 3.05) is 32.7 Å². The second-order valence-electron chi connectivity index (χ2n) is 9.95. The molecule has 2 heterocycles. The fourth-order valence-corrected chi connectivity index (χ4v) is 5.27. The molecular weight excluding hydrogens is 464 g/mol. The fraction of sp³-hybridized carbons (Fsp3) is 0.300. The van der Waals surface area contributed by atoms with Crippen LogP contribution >= 0.6 is 0 Å². The van der Waals surface area contributed by atoms with Crippen LogP contribution in [0.3, 0.4) is 0 Å². The number of imide groups is 1. The molecule has 3 aromatic carbocycles. The molecule has 7 heteroatoms. The zero-order chi connectivity index (χ0) is 26.0. The third-order valence-electron chi connectivity index (χ3n) is 7.46. The van der Waals surface area contributed by atoms with Crippen LogP contribution in [0.4, 0.5) is 4.79 Å². The highest BCUT2D eigenvalue weighted by molar-refractivity contribution is 6.09. The van der Waals surface area contributed by atoms with Gasteiger partial charge in [-0.3, -0.25) is 19.4 Å². The molecule has 0 spiro atoms. The topological polar surface area (TPSA) is 73.0 Å². The maximum Gasteiger partial charge on any atom is 0.325 e. The van der Waals surface area contributed by atoms with Crippen molar-refractivity contribution in [2.24, 2.45) is 0 Å². The first-order valence-electron chi connectivity index (χ1n) is 12.7. The van der Waals surface area contributed by atoms with E-state index in [1.807, 2.05) is 67.6 Å². The Balaban J connectivity index is 1.25. The summed E-state index contributed by atoms with van der Waals surface area (Å²) in [4.78, 5) is 44.4. The number of nitrogens with one attached hydrogen (secondary N) is 1. The molecule has 2 saturated heterocycles. The van der Waals surface area contributed by atoms with Crippen molar-refractivity contribution in [2.45, 2.75) is 25.4 Å². The minimum atomic E-state index is -1.18. The van der Waals surface area contributed by atoms with Gasteiger partial charge in [-0.1, -0.05) is 90.5 Å². The Hall–Kier alpha value is -3.97. The van der Waals surface area contributed by atoms with Gasteiger partial charge in [-0.15, -0.1) is 0 Å². The molecule has 0 aliphatic carbocycles. The van der Waals surface area contributed by atoms with E-state index in [4.69, 9.17) is 0 Å². The van der Waals surface area contributed by atoms with Crippen molar-refractivity contribution >= 4 is 17.8 Å². The van der Waals surface area contributed by atoms with E-state index in [0.717, 1.165) is 10.5 Å². The number of nitrogens with zero attached hydrogens (tertiary/aromatic N) is 3. The molecule has 4 amide bonds. The van der Waals surface area contributed by atoms with Crippen molar-refractivity contribution in [3.05, 3.63) is 107 Å². The van der Waals surface area contributed by atoms with Gasteiger partial charge in [-0.2, -0.15) is 0 Å². The zero-order valence-electron chi connectivity index (χ0n) is 21.3. The van der Waals surface area contributed by atoms with Gasteiger partial charge >= 0.3 is 6.03 Å². The maximum atomic E-state index is 13.3. The van der Waals surface area contributed by atoms with Gasteiger partial charge in [0.1, 0.15) is 12.1 Å². The molecule has 0 radical (unpaired) electrons. The lowest BCUT2D eigenvalue weighted by Gasteiger charge is -2.40. The lowest BCUT2D eigenvalue weighted by molar-refractivity contribution is -0.140. The van der Waals surface area contributed by atoms with Crippen LogP contribution in [-0.2, 0) is 15.1 Å². The number of urea groups is 1. The number of benzene rings is 3. The summed E-state index contributed by atoms with van der Waals surface area (Å²) in [6.45, 7) is 5.86. The summed E-state index contributed by atoms with van der Waals surface area (Å²) in [6.07, 6.45) is 0. The molecule has 37 heavy (non-hydrogen) atoms. The largest absolute Gasteiger partial charge is 0.339 e. The third kappa shape index (κ3) is 4.87. The van der Waals surface area contributed by atoms with E-state index in [-0.39, 0.29) is 18.5 Å². The second kappa shape index (κ2) is 10.2. The van der Waals surface area contributed by atoms with Gasteiger partial charge in [-0.25, -0.2) is 4.79 Å². The van der Waals surface area contributed by atoms with Gasteiger partial charge in [0.15, 0.2) is 0 Å². The van der Waals surface area contributed by atoms with E-state index >= 15 is 0 Å². The van der Waals surface area contributed by atoms with Crippen LogP contribution in [-0.4, -0.2) is 65.3 Å². The minimum absolute atomic E-state index is 0.0980.